The summed E-state index contributed by atoms with van der Waals surface area (Å²) in [5, 5.41) is 4.92. The highest BCUT2D eigenvalue weighted by Crippen LogP contribution is 2.20. The summed E-state index contributed by atoms with van der Waals surface area (Å²) in [6.45, 7) is 1.11. The van der Waals surface area contributed by atoms with Crippen molar-refractivity contribution in [3.8, 4) is 5.75 Å². The van der Waals surface area contributed by atoms with E-state index in [1.807, 2.05) is 41.6 Å². The van der Waals surface area contributed by atoms with Gasteiger partial charge in [-0.05, 0) is 53.3 Å². The Morgan fingerprint density at radius 2 is 2.10 bits per heavy atom. The number of hydrogen-bond donors (Lipinski definition) is 1. The Labute approximate surface area is 136 Å². The minimum atomic E-state index is -0.0294. The molecule has 21 heavy (non-hydrogen) atoms. The average Bonchev–Trinajstić information content (AvgIpc) is 2.84. The molecular formula is C15H17BrN2O2S. The van der Waals surface area contributed by atoms with Crippen LogP contribution in [0.15, 0.2) is 40.2 Å². The maximum absolute atomic E-state index is 12.0. The second-order valence-corrected chi connectivity index (χ2v) is 6.59. The molecule has 1 amide bonds. The summed E-state index contributed by atoms with van der Waals surface area (Å²) in [5.41, 5.74) is 0.771. The zero-order valence-electron chi connectivity index (χ0n) is 11.9. The molecule has 4 nitrogen and oxygen atoms in total. The molecule has 1 aromatic carbocycles. The standard InChI is InChI=1S/C15H17BrN2O2S/c1-18(8-14-7-11(16)10-21-14)9-15(19)17-12-3-5-13(20-2)6-4-12/h3-7,10H,8-9H2,1-2H3,(H,17,19). The van der Waals surface area contributed by atoms with Gasteiger partial charge >= 0.3 is 0 Å². The summed E-state index contributed by atoms with van der Waals surface area (Å²) in [6.07, 6.45) is 0. The number of methoxy groups -OCH3 is 1. The zero-order valence-corrected chi connectivity index (χ0v) is 14.3. The number of benzene rings is 1. The Balaban J connectivity index is 1.82. The molecule has 2 aromatic rings. The number of hydrogen-bond acceptors (Lipinski definition) is 4. The van der Waals surface area contributed by atoms with Crippen LogP contribution >= 0.6 is 27.3 Å². The van der Waals surface area contributed by atoms with Gasteiger partial charge in [-0.15, -0.1) is 11.3 Å². The molecule has 0 radical (unpaired) electrons. The van der Waals surface area contributed by atoms with Crippen molar-refractivity contribution in [2.24, 2.45) is 0 Å². The first-order valence-electron chi connectivity index (χ1n) is 6.42. The highest BCUT2D eigenvalue weighted by molar-refractivity contribution is 9.10. The third-order valence-corrected chi connectivity index (χ3v) is 4.52. The number of nitrogens with one attached hydrogen (secondary N) is 1. The van der Waals surface area contributed by atoms with Gasteiger partial charge < -0.3 is 10.1 Å². The Kier molecular flexibility index (Phi) is 5.78. The highest BCUT2D eigenvalue weighted by atomic mass is 79.9. The van der Waals surface area contributed by atoms with Crippen molar-refractivity contribution >= 4 is 38.9 Å². The van der Waals surface area contributed by atoms with Crippen molar-refractivity contribution < 1.29 is 9.53 Å². The van der Waals surface area contributed by atoms with Crippen molar-refractivity contribution in [2.45, 2.75) is 6.54 Å². The van der Waals surface area contributed by atoms with Crippen molar-refractivity contribution in [1.29, 1.82) is 0 Å². The van der Waals surface area contributed by atoms with Gasteiger partial charge in [0.05, 0.1) is 13.7 Å². The van der Waals surface area contributed by atoms with E-state index in [2.05, 4.69) is 27.3 Å². The summed E-state index contributed by atoms with van der Waals surface area (Å²) in [5.74, 6) is 0.742. The number of carbonyl (C=O) groups is 1. The van der Waals surface area contributed by atoms with E-state index in [1.165, 1.54) is 4.88 Å². The first kappa shape index (κ1) is 16.0. The number of likely N-dealkylation sites (N-methyl/N-ethyl adjacent to an activating group) is 1. The Morgan fingerprint density at radius 1 is 1.38 bits per heavy atom. The van der Waals surface area contributed by atoms with Gasteiger partial charge in [0.25, 0.3) is 0 Å². The first-order chi connectivity index (χ1) is 10.1. The van der Waals surface area contributed by atoms with Crippen LogP contribution in [-0.2, 0) is 11.3 Å². The molecule has 0 unspecified atom stereocenters. The van der Waals surface area contributed by atoms with Gasteiger partial charge in [-0.1, -0.05) is 0 Å². The Hall–Kier alpha value is -1.37. The molecule has 112 valence electrons. The summed E-state index contributed by atoms with van der Waals surface area (Å²) in [4.78, 5) is 15.2. The molecule has 2 rings (SSSR count). The number of halogens is 1. The second-order valence-electron chi connectivity index (χ2n) is 4.68. The molecule has 1 heterocycles. The van der Waals surface area contributed by atoms with Gasteiger partial charge in [0, 0.05) is 27.0 Å². The summed E-state index contributed by atoms with van der Waals surface area (Å²) in [7, 11) is 3.55. The molecule has 6 heteroatoms. The van der Waals surface area contributed by atoms with Gasteiger partial charge in [0.15, 0.2) is 0 Å². The lowest BCUT2D eigenvalue weighted by Gasteiger charge is -2.15. The molecule has 1 N–H and O–H groups in total. The monoisotopic (exact) mass is 368 g/mol. The van der Waals surface area contributed by atoms with Crippen LogP contribution in [0.25, 0.3) is 0 Å². The Bertz CT molecular complexity index is 598. The molecule has 0 saturated carbocycles. The number of nitrogens with zero attached hydrogens (tertiary/aromatic N) is 1. The third kappa shape index (κ3) is 5.15. The Morgan fingerprint density at radius 3 is 2.67 bits per heavy atom. The zero-order chi connectivity index (χ0) is 15.2. The molecule has 0 aliphatic carbocycles. The van der Waals surface area contributed by atoms with Crippen molar-refractivity contribution in [2.75, 3.05) is 26.0 Å². The van der Waals surface area contributed by atoms with Gasteiger partial charge in [-0.3, -0.25) is 9.69 Å². The number of amides is 1. The maximum atomic E-state index is 12.0. The SMILES string of the molecule is COc1ccc(NC(=O)CN(C)Cc2cc(Br)cs2)cc1. The first-order valence-corrected chi connectivity index (χ1v) is 8.09. The topological polar surface area (TPSA) is 41.6 Å². The molecule has 0 atom stereocenters. The lowest BCUT2D eigenvalue weighted by atomic mass is 10.3. The van der Waals surface area contributed by atoms with Crippen LogP contribution in [0, 0.1) is 0 Å². The predicted molar refractivity (Wildman–Crippen MR) is 90.0 cm³/mol. The number of carbonyl (C=O) groups excluding carboxylic acids is 1. The minimum absolute atomic E-state index is 0.0294. The van der Waals surface area contributed by atoms with Crippen LogP contribution in [0.1, 0.15) is 4.88 Å². The summed E-state index contributed by atoms with van der Waals surface area (Å²) >= 11 is 5.11. The van der Waals surface area contributed by atoms with E-state index in [-0.39, 0.29) is 5.91 Å². The van der Waals surface area contributed by atoms with Gasteiger partial charge in [0.1, 0.15) is 5.75 Å². The lowest BCUT2D eigenvalue weighted by Crippen LogP contribution is -2.29. The number of thiophene rings is 1. The maximum Gasteiger partial charge on any atom is 0.238 e. The molecule has 0 aliphatic rings. The van der Waals surface area contributed by atoms with E-state index in [0.717, 1.165) is 22.5 Å². The normalized spacial score (nSPS) is 10.7. The molecule has 0 aliphatic heterocycles. The van der Waals surface area contributed by atoms with Crippen LogP contribution in [0.2, 0.25) is 0 Å². The minimum Gasteiger partial charge on any atom is -0.497 e. The smallest absolute Gasteiger partial charge is 0.238 e. The van der Waals surface area contributed by atoms with Crippen molar-refractivity contribution in [1.82, 2.24) is 4.90 Å². The van der Waals surface area contributed by atoms with Crippen LogP contribution in [-0.4, -0.2) is 31.5 Å². The van der Waals surface area contributed by atoms with E-state index in [1.54, 1.807) is 18.4 Å². The fraction of sp³-hybridized carbons (Fsp3) is 0.267. The van der Waals surface area contributed by atoms with Crippen molar-refractivity contribution in [3.05, 3.63) is 45.1 Å². The van der Waals surface area contributed by atoms with Gasteiger partial charge in [-0.2, -0.15) is 0 Å². The largest absolute Gasteiger partial charge is 0.497 e. The molecular weight excluding hydrogens is 352 g/mol. The van der Waals surface area contributed by atoms with Gasteiger partial charge in [-0.25, -0.2) is 0 Å². The fourth-order valence-electron chi connectivity index (χ4n) is 1.88. The van der Waals surface area contributed by atoms with Crippen LogP contribution < -0.4 is 10.1 Å². The number of anilines is 1. The molecule has 0 spiro atoms. The van der Waals surface area contributed by atoms with Gasteiger partial charge in [0.2, 0.25) is 5.91 Å². The second kappa shape index (κ2) is 7.59. The van der Waals surface area contributed by atoms with Crippen LogP contribution in [0.5, 0.6) is 5.75 Å². The van der Waals surface area contributed by atoms with Crippen LogP contribution in [0.3, 0.4) is 0 Å². The third-order valence-electron chi connectivity index (χ3n) is 2.83. The van der Waals surface area contributed by atoms with E-state index in [9.17, 15) is 4.79 Å². The van der Waals surface area contributed by atoms with Crippen molar-refractivity contribution in [3.63, 3.8) is 0 Å². The summed E-state index contributed by atoms with van der Waals surface area (Å²) in [6, 6.07) is 9.37. The lowest BCUT2D eigenvalue weighted by molar-refractivity contribution is -0.117. The van der Waals surface area contributed by atoms with E-state index < -0.39 is 0 Å². The summed E-state index contributed by atoms with van der Waals surface area (Å²) < 4.78 is 6.17. The fourth-order valence-corrected chi connectivity index (χ4v) is 3.41. The molecule has 0 fully saturated rings. The predicted octanol–water partition coefficient (Wildman–Crippen LogP) is 3.59. The molecule has 0 bridgehead atoms. The van der Waals surface area contributed by atoms with E-state index in [4.69, 9.17) is 4.74 Å². The number of ether oxygens (including phenoxy) is 1. The van der Waals surface area contributed by atoms with Crippen LogP contribution in [0.4, 0.5) is 5.69 Å². The average molecular weight is 369 g/mol. The number of rotatable bonds is 6. The molecule has 0 saturated heterocycles. The highest BCUT2D eigenvalue weighted by Gasteiger charge is 2.09. The molecule has 1 aromatic heterocycles. The van der Waals surface area contributed by atoms with E-state index in [0.29, 0.717) is 6.54 Å². The quantitative estimate of drug-likeness (QED) is 0.846. The van der Waals surface area contributed by atoms with E-state index >= 15 is 0 Å².